The number of imide groups is 2. The van der Waals surface area contributed by atoms with E-state index in [-0.39, 0.29) is 23.8 Å². The summed E-state index contributed by atoms with van der Waals surface area (Å²) in [6.07, 6.45) is 1.40. The van der Waals surface area contributed by atoms with Crippen LogP contribution >= 0.6 is 0 Å². The van der Waals surface area contributed by atoms with Gasteiger partial charge in [-0.1, -0.05) is 18.2 Å². The molecule has 2 aliphatic heterocycles. The van der Waals surface area contributed by atoms with Gasteiger partial charge in [-0.25, -0.2) is 9.69 Å². The minimum absolute atomic E-state index is 0.0980. The molecule has 0 spiro atoms. The van der Waals surface area contributed by atoms with Crippen molar-refractivity contribution >= 4 is 35.5 Å². The van der Waals surface area contributed by atoms with E-state index in [1.165, 1.54) is 6.08 Å². The van der Waals surface area contributed by atoms with Gasteiger partial charge in [0.2, 0.25) is 0 Å². The van der Waals surface area contributed by atoms with Gasteiger partial charge in [0.25, 0.3) is 17.7 Å². The molecule has 182 valence electrons. The highest BCUT2D eigenvalue weighted by atomic mass is 16.5. The third kappa shape index (κ3) is 5.67. The van der Waals surface area contributed by atoms with Crippen LogP contribution in [-0.4, -0.2) is 68.2 Å². The molecule has 0 radical (unpaired) electrons. The molecule has 0 bridgehead atoms. The summed E-state index contributed by atoms with van der Waals surface area (Å²) in [6.45, 7) is 4.27. The Morgan fingerprint density at radius 3 is 2.49 bits per heavy atom. The zero-order chi connectivity index (χ0) is 24.8. The van der Waals surface area contributed by atoms with E-state index in [2.05, 4.69) is 5.32 Å². The van der Waals surface area contributed by atoms with Crippen LogP contribution in [0.5, 0.6) is 11.5 Å². The number of nitrogens with zero attached hydrogens (tertiary/aromatic N) is 2. The Bertz CT molecular complexity index is 1150. The van der Waals surface area contributed by atoms with E-state index in [1.54, 1.807) is 53.4 Å². The number of ether oxygens (including phenoxy) is 3. The maximum Gasteiger partial charge on any atom is 0.335 e. The molecule has 4 rings (SSSR count). The lowest BCUT2D eigenvalue weighted by atomic mass is 10.1. The molecular formula is C25H25N3O7. The molecule has 0 atom stereocenters. The SMILES string of the molecule is CCOc1cccc(N2C(=O)NC(=O)/C(=C\c3ccc(OCC(=O)N4CCOCC4)cc3)C2=O)c1. The maximum absolute atomic E-state index is 13.1. The second kappa shape index (κ2) is 10.8. The smallest absolute Gasteiger partial charge is 0.335 e. The van der Waals surface area contributed by atoms with Gasteiger partial charge in [0.15, 0.2) is 6.61 Å². The molecule has 10 heteroatoms. The van der Waals surface area contributed by atoms with Crippen molar-refractivity contribution in [2.45, 2.75) is 6.92 Å². The quantitative estimate of drug-likeness (QED) is 0.477. The third-order valence-corrected chi connectivity index (χ3v) is 5.41. The first kappa shape index (κ1) is 24.0. The van der Waals surface area contributed by atoms with Gasteiger partial charge in [0.05, 0.1) is 25.5 Å². The van der Waals surface area contributed by atoms with Crippen molar-refractivity contribution in [1.82, 2.24) is 10.2 Å². The lowest BCUT2D eigenvalue weighted by Gasteiger charge is -2.26. The highest BCUT2D eigenvalue weighted by molar-refractivity contribution is 6.39. The van der Waals surface area contributed by atoms with Crippen molar-refractivity contribution in [2.75, 3.05) is 44.4 Å². The van der Waals surface area contributed by atoms with Crippen LogP contribution in [0.25, 0.3) is 6.08 Å². The molecule has 2 fully saturated rings. The van der Waals surface area contributed by atoms with Gasteiger partial charge in [-0.2, -0.15) is 0 Å². The molecule has 10 nitrogen and oxygen atoms in total. The summed E-state index contributed by atoms with van der Waals surface area (Å²) in [6, 6.07) is 12.2. The first-order valence-corrected chi connectivity index (χ1v) is 11.2. The van der Waals surface area contributed by atoms with Gasteiger partial charge in [-0.05, 0) is 42.8 Å². The van der Waals surface area contributed by atoms with Crippen molar-refractivity contribution in [3.63, 3.8) is 0 Å². The lowest BCUT2D eigenvalue weighted by molar-refractivity contribution is -0.137. The van der Waals surface area contributed by atoms with Crippen LogP contribution in [-0.2, 0) is 19.1 Å². The number of carbonyl (C=O) groups is 4. The highest BCUT2D eigenvalue weighted by Crippen LogP contribution is 2.26. The van der Waals surface area contributed by atoms with Crippen LogP contribution in [0.1, 0.15) is 12.5 Å². The Morgan fingerprint density at radius 1 is 1.03 bits per heavy atom. The zero-order valence-electron chi connectivity index (χ0n) is 19.2. The fraction of sp³-hybridized carbons (Fsp3) is 0.280. The molecule has 2 heterocycles. The molecule has 0 unspecified atom stereocenters. The number of barbiturate groups is 1. The monoisotopic (exact) mass is 479 g/mol. The number of rotatable bonds is 7. The number of urea groups is 1. The number of hydrogen-bond donors (Lipinski definition) is 1. The average Bonchev–Trinajstić information content (AvgIpc) is 2.87. The summed E-state index contributed by atoms with van der Waals surface area (Å²) in [5, 5.41) is 2.20. The van der Waals surface area contributed by atoms with Crippen molar-refractivity contribution in [3.8, 4) is 11.5 Å². The largest absolute Gasteiger partial charge is 0.494 e. The number of nitrogens with one attached hydrogen (secondary N) is 1. The Labute approximate surface area is 202 Å². The summed E-state index contributed by atoms with van der Waals surface area (Å²) < 4.78 is 16.2. The first-order chi connectivity index (χ1) is 17.0. The van der Waals surface area contributed by atoms with Gasteiger partial charge >= 0.3 is 6.03 Å². The summed E-state index contributed by atoms with van der Waals surface area (Å²) in [4.78, 5) is 52.7. The molecular weight excluding hydrogens is 454 g/mol. The van der Waals surface area contributed by atoms with E-state index in [1.807, 2.05) is 6.92 Å². The summed E-state index contributed by atoms with van der Waals surface area (Å²) >= 11 is 0. The average molecular weight is 479 g/mol. The number of anilines is 1. The van der Waals surface area contributed by atoms with Crippen LogP contribution in [0.2, 0.25) is 0 Å². The van der Waals surface area contributed by atoms with Crippen molar-refractivity contribution < 1.29 is 33.4 Å². The standard InChI is InChI=1S/C25H25N3O7/c1-2-34-20-5-3-4-18(15-20)28-24(31)21(23(30)26-25(28)32)14-17-6-8-19(9-7-17)35-16-22(29)27-10-12-33-13-11-27/h3-9,14-15H,2,10-13,16H2,1H3,(H,26,30,32)/b21-14+. The van der Waals surface area contributed by atoms with E-state index < -0.39 is 17.8 Å². The van der Waals surface area contributed by atoms with Crippen LogP contribution < -0.4 is 19.7 Å². The van der Waals surface area contributed by atoms with Crippen LogP contribution in [0.15, 0.2) is 54.1 Å². The fourth-order valence-corrected chi connectivity index (χ4v) is 3.65. The Balaban J connectivity index is 1.46. The molecule has 1 N–H and O–H groups in total. The lowest BCUT2D eigenvalue weighted by Crippen LogP contribution is -2.54. The van der Waals surface area contributed by atoms with E-state index in [4.69, 9.17) is 14.2 Å². The van der Waals surface area contributed by atoms with Crippen molar-refractivity contribution in [2.24, 2.45) is 0 Å². The Hall–Kier alpha value is -4.18. The van der Waals surface area contributed by atoms with Gasteiger partial charge in [-0.15, -0.1) is 0 Å². The predicted molar refractivity (Wildman–Crippen MR) is 126 cm³/mol. The molecule has 2 saturated heterocycles. The molecule has 2 aromatic rings. The number of morpholine rings is 1. The van der Waals surface area contributed by atoms with Crippen molar-refractivity contribution in [3.05, 3.63) is 59.7 Å². The molecule has 35 heavy (non-hydrogen) atoms. The molecule has 5 amide bonds. The number of hydrogen-bond acceptors (Lipinski definition) is 7. The second-order valence-corrected chi connectivity index (χ2v) is 7.74. The Kier molecular flexibility index (Phi) is 7.41. The van der Waals surface area contributed by atoms with Crippen LogP contribution in [0, 0.1) is 0 Å². The number of amides is 5. The van der Waals surface area contributed by atoms with E-state index >= 15 is 0 Å². The molecule has 2 aliphatic rings. The van der Waals surface area contributed by atoms with E-state index in [9.17, 15) is 19.2 Å². The normalized spacial score (nSPS) is 17.4. The molecule has 0 aliphatic carbocycles. The first-order valence-electron chi connectivity index (χ1n) is 11.2. The van der Waals surface area contributed by atoms with Gasteiger partial charge < -0.3 is 19.1 Å². The zero-order valence-corrected chi connectivity index (χ0v) is 19.2. The summed E-state index contributed by atoms with van der Waals surface area (Å²) in [5.74, 6) is -0.687. The van der Waals surface area contributed by atoms with Crippen molar-refractivity contribution in [1.29, 1.82) is 0 Å². The van der Waals surface area contributed by atoms with E-state index in [0.717, 1.165) is 4.90 Å². The summed E-state index contributed by atoms with van der Waals surface area (Å²) in [5.41, 5.74) is 0.640. The third-order valence-electron chi connectivity index (χ3n) is 5.41. The number of benzene rings is 2. The maximum atomic E-state index is 13.1. The molecule has 2 aromatic carbocycles. The minimum atomic E-state index is -0.834. The van der Waals surface area contributed by atoms with Gasteiger partial charge in [-0.3, -0.25) is 19.7 Å². The fourth-order valence-electron chi connectivity index (χ4n) is 3.65. The topological polar surface area (TPSA) is 114 Å². The Morgan fingerprint density at radius 2 is 1.77 bits per heavy atom. The summed E-state index contributed by atoms with van der Waals surface area (Å²) in [7, 11) is 0. The van der Waals surface area contributed by atoms with Gasteiger partial charge in [0, 0.05) is 19.2 Å². The molecule has 0 saturated carbocycles. The minimum Gasteiger partial charge on any atom is -0.494 e. The second-order valence-electron chi connectivity index (χ2n) is 7.74. The van der Waals surface area contributed by atoms with Gasteiger partial charge in [0.1, 0.15) is 17.1 Å². The molecule has 0 aromatic heterocycles. The van der Waals surface area contributed by atoms with E-state index in [0.29, 0.717) is 50.0 Å². The predicted octanol–water partition coefficient (Wildman–Crippen LogP) is 1.99. The van der Waals surface area contributed by atoms with Crippen LogP contribution in [0.3, 0.4) is 0 Å². The number of carbonyl (C=O) groups excluding carboxylic acids is 4. The van der Waals surface area contributed by atoms with Crippen LogP contribution in [0.4, 0.5) is 10.5 Å². The highest BCUT2D eigenvalue weighted by Gasteiger charge is 2.37.